The lowest BCUT2D eigenvalue weighted by molar-refractivity contribution is -0.270. The van der Waals surface area contributed by atoms with E-state index in [1.165, 1.54) is 89.9 Å². The molecule has 6 nitrogen and oxygen atoms in total. The lowest BCUT2D eigenvalue weighted by atomic mass is 9.99. The quantitative estimate of drug-likeness (QED) is 0.116. The Hall–Kier alpha value is -0.990. The van der Waals surface area contributed by atoms with Gasteiger partial charge in [0, 0.05) is 5.56 Å². The van der Waals surface area contributed by atoms with E-state index < -0.39 is 34.7 Å². The summed E-state index contributed by atoms with van der Waals surface area (Å²) in [4.78, 5) is 0. The van der Waals surface area contributed by atoms with Crippen LogP contribution in [0.25, 0.3) is 0 Å². The number of benzene rings is 1. The van der Waals surface area contributed by atoms with Crippen LogP contribution in [0.15, 0.2) is 30.3 Å². The van der Waals surface area contributed by atoms with Gasteiger partial charge in [0.2, 0.25) is 0 Å². The summed E-state index contributed by atoms with van der Waals surface area (Å²) in [5.41, 5.74) is 0.834. The average Bonchev–Trinajstić information content (AvgIpc) is 2.90. The van der Waals surface area contributed by atoms with E-state index in [2.05, 4.69) is 6.92 Å². The van der Waals surface area contributed by atoms with Crippen molar-refractivity contribution in [1.82, 2.24) is 0 Å². The van der Waals surface area contributed by atoms with Crippen molar-refractivity contribution in [3.8, 4) is 0 Å². The molecule has 0 aliphatic carbocycles. The molecular formula is C31H54O6S. The minimum absolute atomic E-state index is 0.0490. The molecule has 38 heavy (non-hydrogen) atoms. The number of hydrogen-bond acceptors (Lipinski definition) is 6. The van der Waals surface area contributed by atoms with Gasteiger partial charge >= 0.3 is 0 Å². The van der Waals surface area contributed by atoms with Crippen LogP contribution in [0.3, 0.4) is 0 Å². The van der Waals surface area contributed by atoms with E-state index in [1.54, 1.807) is 0 Å². The molecular weight excluding hydrogens is 500 g/mol. The number of rotatable bonds is 22. The Kier molecular flexibility index (Phi) is 17.5. The van der Waals surface area contributed by atoms with Crippen LogP contribution in [0.1, 0.15) is 134 Å². The van der Waals surface area contributed by atoms with Crippen molar-refractivity contribution < 1.29 is 27.2 Å². The van der Waals surface area contributed by atoms with Crippen LogP contribution in [-0.4, -0.2) is 44.7 Å². The number of ether oxygens (including phenoxy) is 2. The second-order valence-electron chi connectivity index (χ2n) is 11.0. The zero-order valence-corrected chi connectivity index (χ0v) is 24.8. The minimum Gasteiger partial charge on any atom is -0.390 e. The summed E-state index contributed by atoms with van der Waals surface area (Å²) in [5.74, 6) is 0. The molecule has 1 aromatic rings. The Bertz CT molecular complexity index is 800. The first kappa shape index (κ1) is 33.2. The van der Waals surface area contributed by atoms with Gasteiger partial charge in [-0.25, -0.2) is 0 Å². The summed E-state index contributed by atoms with van der Waals surface area (Å²) in [6.07, 6.45) is 20.7. The van der Waals surface area contributed by atoms with E-state index in [1.807, 2.05) is 30.3 Å². The van der Waals surface area contributed by atoms with Crippen molar-refractivity contribution in [1.29, 1.82) is 0 Å². The van der Waals surface area contributed by atoms with Gasteiger partial charge in [-0.15, -0.1) is 0 Å². The van der Waals surface area contributed by atoms with E-state index >= 15 is 0 Å². The van der Waals surface area contributed by atoms with E-state index in [0.29, 0.717) is 6.42 Å². The average molecular weight is 555 g/mol. The Labute approximate surface area is 233 Å². The summed E-state index contributed by atoms with van der Waals surface area (Å²) in [6, 6.07) is 9.48. The van der Waals surface area contributed by atoms with Gasteiger partial charge in [0.25, 0.3) is 10.1 Å². The molecule has 1 N–H and O–H groups in total. The first-order chi connectivity index (χ1) is 18.4. The summed E-state index contributed by atoms with van der Waals surface area (Å²) in [5, 5.41) is 10.9. The molecule has 1 aliphatic rings. The van der Waals surface area contributed by atoms with E-state index in [-0.39, 0.29) is 6.61 Å². The summed E-state index contributed by atoms with van der Waals surface area (Å²) >= 11 is 0. The molecule has 0 saturated carbocycles. The van der Waals surface area contributed by atoms with Gasteiger partial charge in [0.05, 0.1) is 19.0 Å². The highest BCUT2D eigenvalue weighted by Crippen LogP contribution is 2.31. The zero-order valence-electron chi connectivity index (χ0n) is 24.0. The second-order valence-corrected chi connectivity index (χ2v) is 12.6. The predicted octanol–water partition coefficient (Wildman–Crippen LogP) is 7.85. The molecule has 1 aliphatic heterocycles. The highest BCUT2D eigenvalue weighted by molar-refractivity contribution is 7.86. The van der Waals surface area contributed by atoms with Crippen LogP contribution < -0.4 is 0 Å². The maximum atomic E-state index is 11.7. The van der Waals surface area contributed by atoms with Crippen LogP contribution in [-0.2, 0) is 23.8 Å². The van der Waals surface area contributed by atoms with Crippen molar-refractivity contribution in [2.75, 3.05) is 12.9 Å². The standard InChI is InChI=1S/C31H54O6S/c1-3-4-5-6-7-8-9-10-11-12-13-14-15-16-17-18-22-25-28(32)30-29(37-38(2,33)34)26-35-31(36-30)27-23-20-19-21-24-27/h19-21,23-24,28-32H,3-18,22,25-26H2,1-2H3/t28-,29-,30-,31+/m1/s1. The Balaban J connectivity index is 1.54. The van der Waals surface area contributed by atoms with Crippen LogP contribution >= 0.6 is 0 Å². The highest BCUT2D eigenvalue weighted by atomic mass is 32.2. The highest BCUT2D eigenvalue weighted by Gasteiger charge is 2.39. The van der Waals surface area contributed by atoms with Crippen molar-refractivity contribution >= 4 is 10.1 Å². The molecule has 1 fully saturated rings. The molecule has 0 spiro atoms. The van der Waals surface area contributed by atoms with Gasteiger partial charge in [-0.1, -0.05) is 146 Å². The van der Waals surface area contributed by atoms with Gasteiger partial charge < -0.3 is 14.6 Å². The summed E-state index contributed by atoms with van der Waals surface area (Å²) in [6.45, 7) is 2.32. The van der Waals surface area contributed by atoms with Crippen molar-refractivity contribution in [3.63, 3.8) is 0 Å². The number of aliphatic hydroxyl groups excluding tert-OH is 1. The molecule has 0 unspecified atom stereocenters. The first-order valence-corrected chi connectivity index (χ1v) is 17.1. The van der Waals surface area contributed by atoms with Crippen molar-refractivity contribution in [2.45, 2.75) is 147 Å². The van der Waals surface area contributed by atoms with Crippen molar-refractivity contribution in [2.24, 2.45) is 0 Å². The number of unbranched alkanes of at least 4 members (excludes halogenated alkanes) is 16. The minimum atomic E-state index is -3.70. The summed E-state index contributed by atoms with van der Waals surface area (Å²) < 4.78 is 40.4. The molecule has 220 valence electrons. The third kappa shape index (κ3) is 15.0. The molecule has 0 bridgehead atoms. The van der Waals surface area contributed by atoms with Crippen LogP contribution in [0.5, 0.6) is 0 Å². The maximum Gasteiger partial charge on any atom is 0.264 e. The zero-order chi connectivity index (χ0) is 27.5. The fourth-order valence-corrected chi connectivity index (χ4v) is 5.83. The topological polar surface area (TPSA) is 82.1 Å². The SMILES string of the molecule is CCCCCCCCCCCCCCCCCCC[C@@H](O)[C@H]1O[C@@H](c2ccccc2)OC[C@H]1OS(C)(=O)=O. The second kappa shape index (κ2) is 20.0. The molecule has 4 atom stereocenters. The van der Waals surface area contributed by atoms with Crippen LogP contribution in [0.4, 0.5) is 0 Å². The Morgan fingerprint density at radius 1 is 0.816 bits per heavy atom. The molecule has 2 rings (SSSR count). The Morgan fingerprint density at radius 2 is 1.29 bits per heavy atom. The molecule has 7 heteroatoms. The summed E-state index contributed by atoms with van der Waals surface area (Å²) in [7, 11) is -3.70. The third-order valence-corrected chi connectivity index (χ3v) is 8.01. The lowest BCUT2D eigenvalue weighted by Crippen LogP contribution is -2.49. The van der Waals surface area contributed by atoms with Crippen LogP contribution in [0, 0.1) is 0 Å². The van der Waals surface area contributed by atoms with E-state index in [0.717, 1.165) is 31.1 Å². The molecule has 1 aromatic carbocycles. The monoisotopic (exact) mass is 554 g/mol. The molecule has 1 saturated heterocycles. The molecule has 1 heterocycles. The number of aliphatic hydroxyl groups is 1. The van der Waals surface area contributed by atoms with Crippen LogP contribution in [0.2, 0.25) is 0 Å². The fraction of sp³-hybridized carbons (Fsp3) is 0.806. The van der Waals surface area contributed by atoms with E-state index in [9.17, 15) is 13.5 Å². The van der Waals surface area contributed by atoms with Gasteiger partial charge in [0.15, 0.2) is 6.29 Å². The molecule has 0 aromatic heterocycles. The van der Waals surface area contributed by atoms with Gasteiger partial charge in [-0.05, 0) is 6.42 Å². The molecule has 0 radical (unpaired) electrons. The fourth-order valence-electron chi connectivity index (χ4n) is 5.22. The van der Waals surface area contributed by atoms with Gasteiger partial charge in [0.1, 0.15) is 12.2 Å². The van der Waals surface area contributed by atoms with Gasteiger partial charge in [-0.3, -0.25) is 4.18 Å². The first-order valence-electron chi connectivity index (χ1n) is 15.3. The largest absolute Gasteiger partial charge is 0.390 e. The predicted molar refractivity (Wildman–Crippen MR) is 155 cm³/mol. The smallest absolute Gasteiger partial charge is 0.264 e. The number of hydrogen-bond donors (Lipinski definition) is 1. The maximum absolute atomic E-state index is 11.7. The normalized spacial score (nSPS) is 21.0. The Morgan fingerprint density at radius 3 is 1.76 bits per heavy atom. The lowest BCUT2D eigenvalue weighted by Gasteiger charge is -2.38. The van der Waals surface area contributed by atoms with Gasteiger partial charge in [-0.2, -0.15) is 8.42 Å². The van der Waals surface area contributed by atoms with E-state index in [4.69, 9.17) is 13.7 Å². The molecule has 0 amide bonds. The van der Waals surface area contributed by atoms with Crippen molar-refractivity contribution in [3.05, 3.63) is 35.9 Å². The third-order valence-electron chi connectivity index (χ3n) is 7.41.